The normalized spacial score (nSPS) is 10.9. The van der Waals surface area contributed by atoms with E-state index in [4.69, 9.17) is 0 Å². The zero-order chi connectivity index (χ0) is 12.3. The van der Waals surface area contributed by atoms with Gasteiger partial charge in [-0.1, -0.05) is 6.58 Å². The number of hydrogen-bond donors (Lipinski definition) is 0. The fraction of sp³-hybridized carbons (Fsp3) is 0.200. The van der Waals surface area contributed by atoms with Gasteiger partial charge in [0, 0.05) is 5.41 Å². The molecule has 0 bridgehead atoms. The molecule has 0 radical (unpaired) electrons. The molecule has 16 heavy (non-hydrogen) atoms. The van der Waals surface area contributed by atoms with Crippen molar-refractivity contribution in [2.24, 2.45) is 0 Å². The zero-order valence-corrected chi connectivity index (χ0v) is 9.74. The van der Waals surface area contributed by atoms with Gasteiger partial charge in [-0.25, -0.2) is 18.2 Å². The highest BCUT2D eigenvalue weighted by atomic mass is 32.2. The van der Waals surface area contributed by atoms with Gasteiger partial charge in [0.1, 0.15) is 0 Å². The number of carbonyl (C=O) groups is 1. The van der Waals surface area contributed by atoms with Gasteiger partial charge in [0.2, 0.25) is 9.84 Å². The number of nitrogens with zero attached hydrogens (tertiary/aromatic N) is 1. The van der Waals surface area contributed by atoms with Crippen molar-refractivity contribution >= 4 is 15.8 Å². The van der Waals surface area contributed by atoms with E-state index in [-0.39, 0.29) is 10.6 Å². The number of carbonyl (C=O) groups excluding carboxylic acids is 1. The molecule has 0 unspecified atom stereocenters. The molecule has 0 aliphatic carbocycles. The third kappa shape index (κ3) is 2.27. The third-order valence-electron chi connectivity index (χ3n) is 1.98. The Bertz CT molecular complexity index is 534. The van der Waals surface area contributed by atoms with Gasteiger partial charge in [-0.3, -0.25) is 0 Å². The molecule has 86 valence electrons. The van der Waals surface area contributed by atoms with Crippen molar-refractivity contribution in [1.82, 2.24) is 4.98 Å². The van der Waals surface area contributed by atoms with E-state index in [2.05, 4.69) is 16.3 Å². The van der Waals surface area contributed by atoms with Crippen LogP contribution in [0.4, 0.5) is 0 Å². The molecule has 0 amide bonds. The minimum absolute atomic E-state index is 0.132. The minimum atomic E-state index is -3.57. The first-order valence-corrected chi connectivity index (χ1v) is 5.90. The van der Waals surface area contributed by atoms with Crippen molar-refractivity contribution in [1.29, 1.82) is 0 Å². The first kappa shape index (κ1) is 12.4. The Morgan fingerprint density at radius 2 is 2.12 bits per heavy atom. The Labute approximate surface area is 93.7 Å². The fourth-order valence-corrected chi connectivity index (χ4v) is 1.80. The van der Waals surface area contributed by atoms with Crippen LogP contribution in [0.3, 0.4) is 0 Å². The van der Waals surface area contributed by atoms with Crippen LogP contribution in [-0.4, -0.2) is 26.5 Å². The quantitative estimate of drug-likeness (QED) is 0.741. The van der Waals surface area contributed by atoms with Gasteiger partial charge >= 0.3 is 5.97 Å². The van der Waals surface area contributed by atoms with Gasteiger partial charge in [0.05, 0.1) is 18.4 Å². The summed E-state index contributed by atoms with van der Waals surface area (Å²) < 4.78 is 27.3. The SMILES string of the molecule is C=CS(=O)(=O)c1ccc(C(=O)OC)c(C)n1. The second-order valence-electron chi connectivity index (χ2n) is 2.99. The summed E-state index contributed by atoms with van der Waals surface area (Å²) in [6.07, 6.45) is 0. The van der Waals surface area contributed by atoms with Crippen LogP contribution in [0.5, 0.6) is 0 Å². The predicted octanol–water partition coefficient (Wildman–Crippen LogP) is 1.09. The molecule has 1 aromatic rings. The van der Waals surface area contributed by atoms with Crippen molar-refractivity contribution < 1.29 is 17.9 Å². The molecule has 0 atom stereocenters. The van der Waals surface area contributed by atoms with Gasteiger partial charge in [-0.05, 0) is 19.1 Å². The van der Waals surface area contributed by atoms with E-state index >= 15 is 0 Å². The minimum Gasteiger partial charge on any atom is -0.465 e. The highest BCUT2D eigenvalue weighted by molar-refractivity contribution is 7.94. The lowest BCUT2D eigenvalue weighted by molar-refractivity contribution is 0.0599. The molecule has 0 saturated carbocycles. The van der Waals surface area contributed by atoms with Gasteiger partial charge < -0.3 is 4.74 Å². The van der Waals surface area contributed by atoms with E-state index in [9.17, 15) is 13.2 Å². The lowest BCUT2D eigenvalue weighted by Crippen LogP contribution is -2.08. The van der Waals surface area contributed by atoms with Crippen LogP contribution in [0.25, 0.3) is 0 Å². The smallest absolute Gasteiger partial charge is 0.339 e. The van der Waals surface area contributed by atoms with Crippen LogP contribution < -0.4 is 0 Å². The Kier molecular flexibility index (Phi) is 3.44. The summed E-state index contributed by atoms with van der Waals surface area (Å²) in [6, 6.07) is 2.61. The second kappa shape index (κ2) is 4.44. The zero-order valence-electron chi connectivity index (χ0n) is 8.93. The van der Waals surface area contributed by atoms with E-state index in [1.807, 2.05) is 0 Å². The Morgan fingerprint density at radius 3 is 2.56 bits per heavy atom. The Balaban J connectivity index is 3.30. The molecule has 0 aromatic carbocycles. The summed E-state index contributed by atoms with van der Waals surface area (Å²) in [5.74, 6) is -0.549. The summed E-state index contributed by atoms with van der Waals surface area (Å²) >= 11 is 0. The maximum Gasteiger partial charge on any atom is 0.339 e. The number of aryl methyl sites for hydroxylation is 1. The monoisotopic (exact) mass is 241 g/mol. The van der Waals surface area contributed by atoms with Crippen LogP contribution in [0.2, 0.25) is 0 Å². The van der Waals surface area contributed by atoms with Crippen molar-refractivity contribution in [3.63, 3.8) is 0 Å². The van der Waals surface area contributed by atoms with Crippen molar-refractivity contribution in [3.05, 3.63) is 35.4 Å². The average molecular weight is 241 g/mol. The topological polar surface area (TPSA) is 73.3 Å². The molecule has 0 aliphatic rings. The molecular weight excluding hydrogens is 230 g/mol. The Morgan fingerprint density at radius 1 is 1.50 bits per heavy atom. The molecule has 0 aliphatic heterocycles. The van der Waals surface area contributed by atoms with E-state index in [0.717, 1.165) is 5.41 Å². The molecule has 0 fully saturated rings. The molecule has 0 saturated heterocycles. The second-order valence-corrected chi connectivity index (χ2v) is 4.83. The molecule has 1 aromatic heterocycles. The fourth-order valence-electron chi connectivity index (χ4n) is 1.11. The molecular formula is C10H11NO4S. The van der Waals surface area contributed by atoms with Crippen LogP contribution in [0, 0.1) is 6.92 Å². The third-order valence-corrected chi connectivity index (χ3v) is 3.23. The Hall–Kier alpha value is -1.69. The number of esters is 1. The van der Waals surface area contributed by atoms with Gasteiger partial charge in [-0.2, -0.15) is 0 Å². The molecule has 1 rings (SSSR count). The number of ether oxygens (including phenoxy) is 1. The predicted molar refractivity (Wildman–Crippen MR) is 57.7 cm³/mol. The number of rotatable bonds is 3. The highest BCUT2D eigenvalue weighted by Crippen LogP contribution is 2.13. The first-order valence-electron chi connectivity index (χ1n) is 4.36. The largest absolute Gasteiger partial charge is 0.465 e. The lowest BCUT2D eigenvalue weighted by Gasteiger charge is -2.04. The first-order chi connectivity index (χ1) is 7.42. The molecule has 0 N–H and O–H groups in total. The van der Waals surface area contributed by atoms with Gasteiger partial charge in [-0.15, -0.1) is 0 Å². The number of methoxy groups -OCH3 is 1. The van der Waals surface area contributed by atoms with E-state index in [1.54, 1.807) is 0 Å². The number of aromatic nitrogens is 1. The van der Waals surface area contributed by atoms with Gasteiger partial charge in [0.15, 0.2) is 5.03 Å². The van der Waals surface area contributed by atoms with Crippen molar-refractivity contribution in [2.75, 3.05) is 7.11 Å². The summed E-state index contributed by atoms with van der Waals surface area (Å²) in [4.78, 5) is 15.1. The number of sulfone groups is 1. The molecule has 5 nitrogen and oxygen atoms in total. The van der Waals surface area contributed by atoms with Crippen LogP contribution in [0.15, 0.2) is 29.1 Å². The lowest BCUT2D eigenvalue weighted by atomic mass is 10.2. The standard InChI is InChI=1S/C10H11NO4S/c1-4-16(13,14)9-6-5-8(7(2)11-9)10(12)15-3/h4-6H,1H2,2-3H3. The van der Waals surface area contributed by atoms with Crippen molar-refractivity contribution in [3.8, 4) is 0 Å². The van der Waals surface area contributed by atoms with E-state index in [0.29, 0.717) is 5.69 Å². The summed E-state index contributed by atoms with van der Waals surface area (Å²) in [5, 5.41) is 0.680. The summed E-state index contributed by atoms with van der Waals surface area (Å²) in [6.45, 7) is 4.73. The van der Waals surface area contributed by atoms with Crippen LogP contribution >= 0.6 is 0 Å². The maximum atomic E-state index is 11.4. The highest BCUT2D eigenvalue weighted by Gasteiger charge is 2.16. The maximum absolute atomic E-state index is 11.4. The van der Waals surface area contributed by atoms with Crippen molar-refractivity contribution in [2.45, 2.75) is 11.9 Å². The van der Waals surface area contributed by atoms with E-state index < -0.39 is 15.8 Å². The van der Waals surface area contributed by atoms with Crippen LogP contribution in [0.1, 0.15) is 16.1 Å². The molecule has 1 heterocycles. The summed E-state index contributed by atoms with van der Waals surface area (Å²) in [7, 11) is -2.32. The molecule has 6 heteroatoms. The average Bonchev–Trinajstić information content (AvgIpc) is 2.28. The molecule has 0 spiro atoms. The number of hydrogen-bond acceptors (Lipinski definition) is 5. The summed E-state index contributed by atoms with van der Waals surface area (Å²) in [5.41, 5.74) is 0.542. The van der Waals surface area contributed by atoms with Gasteiger partial charge in [0.25, 0.3) is 0 Å². The van der Waals surface area contributed by atoms with Crippen LogP contribution in [-0.2, 0) is 14.6 Å². The number of pyridine rings is 1. The van der Waals surface area contributed by atoms with E-state index in [1.165, 1.54) is 26.2 Å².